The number of hydrogen-bond donors (Lipinski definition) is 1. The highest BCUT2D eigenvalue weighted by Crippen LogP contribution is 2.09. The predicted molar refractivity (Wildman–Crippen MR) is 71.5 cm³/mol. The molecule has 2 heterocycles. The lowest BCUT2D eigenvalue weighted by atomic mass is 10.2. The van der Waals surface area contributed by atoms with Crippen LogP contribution in [0.2, 0.25) is 0 Å². The summed E-state index contributed by atoms with van der Waals surface area (Å²) in [6, 6.07) is 2.43. The van der Waals surface area contributed by atoms with Crippen molar-refractivity contribution in [2.24, 2.45) is 7.05 Å². The molecule has 0 bridgehead atoms. The fourth-order valence-electron chi connectivity index (χ4n) is 2.36. The third-order valence-corrected chi connectivity index (χ3v) is 3.51. The Morgan fingerprint density at radius 3 is 2.89 bits per heavy atom. The second kappa shape index (κ2) is 6.87. The Morgan fingerprint density at radius 2 is 2.22 bits per heavy atom. The van der Waals surface area contributed by atoms with Crippen molar-refractivity contribution < 1.29 is 4.74 Å². The molecular formula is C13H24N4O. The van der Waals surface area contributed by atoms with Crippen LogP contribution in [0, 0.1) is 0 Å². The Hall–Kier alpha value is -0.910. The van der Waals surface area contributed by atoms with Crippen molar-refractivity contribution in [1.82, 2.24) is 20.0 Å². The number of nitrogens with zero attached hydrogens (tertiary/aromatic N) is 3. The minimum Gasteiger partial charge on any atom is -0.379 e. The van der Waals surface area contributed by atoms with Gasteiger partial charge < -0.3 is 10.1 Å². The fraction of sp³-hybridized carbons (Fsp3) is 0.769. The van der Waals surface area contributed by atoms with Gasteiger partial charge in [-0.1, -0.05) is 0 Å². The molecule has 102 valence electrons. The van der Waals surface area contributed by atoms with Gasteiger partial charge >= 0.3 is 0 Å². The lowest BCUT2D eigenvalue weighted by Crippen LogP contribution is -2.37. The standard InChI is InChI=1S/C13H24N4O/c1-12(13-4-6-15-16(13)2)14-5-3-7-17-8-10-18-11-9-17/h4,6,12,14H,3,5,7-11H2,1-2H3. The molecule has 1 saturated heterocycles. The molecule has 0 radical (unpaired) electrons. The summed E-state index contributed by atoms with van der Waals surface area (Å²) in [5, 5.41) is 7.74. The van der Waals surface area contributed by atoms with Crippen molar-refractivity contribution in [2.45, 2.75) is 19.4 Å². The largest absolute Gasteiger partial charge is 0.379 e. The van der Waals surface area contributed by atoms with Crippen LogP contribution < -0.4 is 5.32 Å². The second-order valence-corrected chi connectivity index (χ2v) is 4.86. The van der Waals surface area contributed by atoms with Crippen LogP contribution in [0.5, 0.6) is 0 Å². The molecule has 1 aromatic rings. The van der Waals surface area contributed by atoms with Gasteiger partial charge in [-0.05, 0) is 32.5 Å². The molecule has 1 unspecified atom stereocenters. The van der Waals surface area contributed by atoms with E-state index >= 15 is 0 Å². The first kappa shape index (κ1) is 13.5. The number of ether oxygens (including phenoxy) is 1. The average Bonchev–Trinajstić information content (AvgIpc) is 2.82. The van der Waals surface area contributed by atoms with Crippen LogP contribution in [0.25, 0.3) is 0 Å². The van der Waals surface area contributed by atoms with E-state index in [1.165, 1.54) is 12.1 Å². The molecule has 1 aromatic heterocycles. The zero-order valence-electron chi connectivity index (χ0n) is 11.4. The van der Waals surface area contributed by atoms with Crippen molar-refractivity contribution in [1.29, 1.82) is 0 Å². The number of nitrogens with one attached hydrogen (secondary N) is 1. The molecule has 1 atom stereocenters. The highest BCUT2D eigenvalue weighted by atomic mass is 16.5. The predicted octanol–water partition coefficient (Wildman–Crippen LogP) is 0.793. The Kier molecular flexibility index (Phi) is 5.16. The molecule has 0 spiro atoms. The van der Waals surface area contributed by atoms with Gasteiger partial charge in [0.25, 0.3) is 0 Å². The fourth-order valence-corrected chi connectivity index (χ4v) is 2.36. The van der Waals surface area contributed by atoms with Crippen LogP contribution in [0.15, 0.2) is 12.3 Å². The average molecular weight is 252 g/mol. The van der Waals surface area contributed by atoms with Crippen LogP contribution in [-0.4, -0.2) is 54.1 Å². The van der Waals surface area contributed by atoms with E-state index in [0.717, 1.165) is 39.4 Å². The van der Waals surface area contributed by atoms with E-state index in [2.05, 4.69) is 28.3 Å². The number of morpholine rings is 1. The zero-order chi connectivity index (χ0) is 12.8. The van der Waals surface area contributed by atoms with E-state index in [1.54, 1.807) is 0 Å². The maximum atomic E-state index is 5.34. The van der Waals surface area contributed by atoms with Crippen LogP contribution in [-0.2, 0) is 11.8 Å². The highest BCUT2D eigenvalue weighted by molar-refractivity contribution is 5.04. The molecule has 1 aliphatic rings. The van der Waals surface area contributed by atoms with E-state index in [4.69, 9.17) is 4.74 Å². The molecule has 0 aromatic carbocycles. The molecule has 1 fully saturated rings. The molecule has 18 heavy (non-hydrogen) atoms. The summed E-state index contributed by atoms with van der Waals surface area (Å²) < 4.78 is 7.27. The summed E-state index contributed by atoms with van der Waals surface area (Å²) in [6.45, 7) is 8.33. The first-order valence-corrected chi connectivity index (χ1v) is 6.79. The molecule has 5 nitrogen and oxygen atoms in total. The van der Waals surface area contributed by atoms with Gasteiger partial charge in [0.1, 0.15) is 0 Å². The van der Waals surface area contributed by atoms with E-state index in [-0.39, 0.29) is 0 Å². The molecule has 0 amide bonds. The Balaban J connectivity index is 1.61. The van der Waals surface area contributed by atoms with Gasteiger partial charge in [0.2, 0.25) is 0 Å². The van der Waals surface area contributed by atoms with E-state index < -0.39 is 0 Å². The SMILES string of the molecule is CC(NCCCN1CCOCC1)c1ccnn1C. The lowest BCUT2D eigenvalue weighted by Gasteiger charge is -2.26. The van der Waals surface area contributed by atoms with Gasteiger partial charge in [0.15, 0.2) is 0 Å². The smallest absolute Gasteiger partial charge is 0.0594 e. The summed E-state index contributed by atoms with van der Waals surface area (Å²) in [7, 11) is 1.99. The molecular weight excluding hydrogens is 228 g/mol. The number of aromatic nitrogens is 2. The molecule has 2 rings (SSSR count). The molecule has 1 N–H and O–H groups in total. The number of rotatable bonds is 6. The Bertz CT molecular complexity index is 347. The summed E-state index contributed by atoms with van der Waals surface area (Å²) >= 11 is 0. The van der Waals surface area contributed by atoms with Crippen molar-refractivity contribution in [2.75, 3.05) is 39.4 Å². The monoisotopic (exact) mass is 252 g/mol. The van der Waals surface area contributed by atoms with Crippen LogP contribution in [0.4, 0.5) is 0 Å². The molecule has 0 saturated carbocycles. The highest BCUT2D eigenvalue weighted by Gasteiger charge is 2.11. The zero-order valence-corrected chi connectivity index (χ0v) is 11.4. The minimum atomic E-state index is 0.363. The van der Waals surface area contributed by atoms with Crippen LogP contribution in [0.1, 0.15) is 25.1 Å². The van der Waals surface area contributed by atoms with E-state index in [9.17, 15) is 0 Å². The number of aryl methyl sites for hydroxylation is 1. The van der Waals surface area contributed by atoms with Gasteiger partial charge in [-0.15, -0.1) is 0 Å². The summed E-state index contributed by atoms with van der Waals surface area (Å²) in [5.41, 5.74) is 1.24. The van der Waals surface area contributed by atoms with Crippen LogP contribution >= 0.6 is 0 Å². The molecule has 0 aliphatic carbocycles. The van der Waals surface area contributed by atoms with Crippen molar-refractivity contribution in [3.05, 3.63) is 18.0 Å². The summed E-state index contributed by atoms with van der Waals surface area (Å²) in [6.07, 6.45) is 3.03. The van der Waals surface area contributed by atoms with Gasteiger partial charge in [-0.2, -0.15) is 5.10 Å². The molecule has 1 aliphatic heterocycles. The van der Waals surface area contributed by atoms with Gasteiger partial charge in [0.05, 0.1) is 18.9 Å². The second-order valence-electron chi connectivity index (χ2n) is 4.86. The van der Waals surface area contributed by atoms with E-state index in [1.807, 2.05) is 17.9 Å². The van der Waals surface area contributed by atoms with Gasteiger partial charge in [0, 0.05) is 32.4 Å². The normalized spacial score (nSPS) is 19.0. The molecule has 5 heteroatoms. The van der Waals surface area contributed by atoms with E-state index in [0.29, 0.717) is 6.04 Å². The van der Waals surface area contributed by atoms with Crippen molar-refractivity contribution in [3.63, 3.8) is 0 Å². The number of hydrogen-bond acceptors (Lipinski definition) is 4. The summed E-state index contributed by atoms with van der Waals surface area (Å²) in [4.78, 5) is 2.47. The van der Waals surface area contributed by atoms with Crippen molar-refractivity contribution >= 4 is 0 Å². The van der Waals surface area contributed by atoms with Gasteiger partial charge in [-0.25, -0.2) is 0 Å². The quantitative estimate of drug-likeness (QED) is 0.760. The maximum Gasteiger partial charge on any atom is 0.0594 e. The summed E-state index contributed by atoms with van der Waals surface area (Å²) in [5.74, 6) is 0. The first-order valence-electron chi connectivity index (χ1n) is 6.79. The Morgan fingerprint density at radius 1 is 1.44 bits per heavy atom. The van der Waals surface area contributed by atoms with Gasteiger partial charge in [-0.3, -0.25) is 9.58 Å². The van der Waals surface area contributed by atoms with Crippen molar-refractivity contribution in [3.8, 4) is 0 Å². The third-order valence-electron chi connectivity index (χ3n) is 3.51. The maximum absolute atomic E-state index is 5.34. The third kappa shape index (κ3) is 3.80. The Labute approximate surface area is 109 Å². The lowest BCUT2D eigenvalue weighted by molar-refractivity contribution is 0.0374. The van der Waals surface area contributed by atoms with Crippen LogP contribution in [0.3, 0.4) is 0 Å². The first-order chi connectivity index (χ1) is 8.77. The minimum absolute atomic E-state index is 0.363. The topological polar surface area (TPSA) is 42.3 Å².